The van der Waals surface area contributed by atoms with Gasteiger partial charge in [0.25, 0.3) is 0 Å². The van der Waals surface area contributed by atoms with Gasteiger partial charge in [-0.05, 0) is 36.1 Å². The Morgan fingerprint density at radius 3 is 2.05 bits per heavy atom. The molecule has 2 rings (SSSR count). The molecule has 0 bridgehead atoms. The van der Waals surface area contributed by atoms with E-state index in [1.165, 1.54) is 11.1 Å². The fraction of sp³-hybridized carbons (Fsp3) is 0.333. The van der Waals surface area contributed by atoms with Crippen molar-refractivity contribution in [2.24, 2.45) is 5.92 Å². The molecule has 2 heteroatoms. The smallest absolute Gasteiger partial charge is 0.0813 e. The van der Waals surface area contributed by atoms with Crippen molar-refractivity contribution in [2.75, 3.05) is 11.9 Å². The maximum Gasteiger partial charge on any atom is 0.0813 e. The summed E-state index contributed by atoms with van der Waals surface area (Å²) >= 11 is 0. The van der Waals surface area contributed by atoms with Crippen LogP contribution >= 0.6 is 0 Å². The molecular formula is C18H23NO. The molecule has 0 fully saturated rings. The molecule has 0 heterocycles. The van der Waals surface area contributed by atoms with Gasteiger partial charge >= 0.3 is 0 Å². The summed E-state index contributed by atoms with van der Waals surface area (Å²) in [7, 11) is 0. The zero-order valence-electron chi connectivity index (χ0n) is 12.4. The second-order valence-electron chi connectivity index (χ2n) is 5.81. The Hall–Kier alpha value is -1.80. The molecule has 2 N–H and O–H groups in total. The third-order valence-corrected chi connectivity index (χ3v) is 3.89. The molecular weight excluding hydrogens is 246 g/mol. The second-order valence-corrected chi connectivity index (χ2v) is 5.81. The Bertz CT molecular complexity index is 529. The molecule has 1 unspecified atom stereocenters. The fourth-order valence-corrected chi connectivity index (χ4v) is 1.90. The minimum Gasteiger partial charge on any atom is -0.388 e. The van der Waals surface area contributed by atoms with Crippen molar-refractivity contribution in [2.45, 2.75) is 26.4 Å². The van der Waals surface area contributed by atoms with Crippen molar-refractivity contribution in [1.29, 1.82) is 0 Å². The van der Waals surface area contributed by atoms with Crippen LogP contribution in [-0.2, 0) is 0 Å². The number of aliphatic hydroxyl groups is 1. The molecule has 0 amide bonds. The number of anilines is 1. The minimum absolute atomic E-state index is 0.221. The van der Waals surface area contributed by atoms with Crippen LogP contribution in [0.15, 0.2) is 54.6 Å². The Morgan fingerprint density at radius 1 is 0.950 bits per heavy atom. The quantitative estimate of drug-likeness (QED) is 0.853. The van der Waals surface area contributed by atoms with E-state index in [4.69, 9.17) is 0 Å². The van der Waals surface area contributed by atoms with Crippen molar-refractivity contribution >= 4 is 5.69 Å². The number of benzene rings is 2. The molecule has 0 spiro atoms. The lowest BCUT2D eigenvalue weighted by Crippen LogP contribution is -2.38. The number of hydrogen-bond acceptors (Lipinski definition) is 2. The molecule has 0 radical (unpaired) electrons. The highest BCUT2D eigenvalue weighted by atomic mass is 16.3. The van der Waals surface area contributed by atoms with Gasteiger partial charge in [-0.15, -0.1) is 0 Å². The van der Waals surface area contributed by atoms with Crippen molar-refractivity contribution < 1.29 is 5.11 Å². The van der Waals surface area contributed by atoms with E-state index in [9.17, 15) is 5.11 Å². The Labute approximate surface area is 121 Å². The lowest BCUT2D eigenvalue weighted by molar-refractivity contribution is 0.0266. The Kier molecular flexibility index (Phi) is 4.46. The summed E-state index contributed by atoms with van der Waals surface area (Å²) in [6.07, 6.45) is 0. The fourth-order valence-electron chi connectivity index (χ4n) is 1.90. The summed E-state index contributed by atoms with van der Waals surface area (Å²) < 4.78 is 0. The Balaban J connectivity index is 2.03. The van der Waals surface area contributed by atoms with Gasteiger partial charge in [-0.1, -0.05) is 56.3 Å². The molecule has 2 aromatic rings. The van der Waals surface area contributed by atoms with E-state index in [0.29, 0.717) is 6.54 Å². The monoisotopic (exact) mass is 269 g/mol. The number of rotatable bonds is 5. The average Bonchev–Trinajstić information content (AvgIpc) is 2.46. The van der Waals surface area contributed by atoms with Crippen LogP contribution in [0.3, 0.4) is 0 Å². The lowest BCUT2D eigenvalue weighted by atomic mass is 9.92. The van der Waals surface area contributed by atoms with Gasteiger partial charge < -0.3 is 10.4 Å². The largest absolute Gasteiger partial charge is 0.388 e. The van der Waals surface area contributed by atoms with E-state index < -0.39 is 5.60 Å². The Morgan fingerprint density at radius 2 is 1.50 bits per heavy atom. The molecule has 0 aliphatic carbocycles. The normalized spacial score (nSPS) is 14.1. The maximum atomic E-state index is 10.2. The molecule has 0 saturated heterocycles. The standard InChI is InChI=1S/C18H23NO/c1-14(2)18(3,20)13-19-17-11-9-16(10-12-17)15-7-5-4-6-8-15/h4-12,14,19-20H,13H2,1-3H3. The number of hydrogen-bond donors (Lipinski definition) is 2. The zero-order valence-corrected chi connectivity index (χ0v) is 12.4. The third-order valence-electron chi connectivity index (χ3n) is 3.89. The van der Waals surface area contributed by atoms with Crippen LogP contribution in [0.5, 0.6) is 0 Å². The molecule has 2 aromatic carbocycles. The van der Waals surface area contributed by atoms with Gasteiger partial charge in [0, 0.05) is 12.2 Å². The van der Waals surface area contributed by atoms with E-state index in [1.54, 1.807) is 0 Å². The van der Waals surface area contributed by atoms with Crippen LogP contribution in [0.4, 0.5) is 5.69 Å². The van der Waals surface area contributed by atoms with Crippen LogP contribution in [0, 0.1) is 5.92 Å². The molecule has 1 atom stereocenters. The molecule has 0 saturated carbocycles. The van der Waals surface area contributed by atoms with E-state index in [0.717, 1.165) is 5.69 Å². The van der Waals surface area contributed by atoms with Gasteiger partial charge in [0.15, 0.2) is 0 Å². The van der Waals surface area contributed by atoms with Gasteiger partial charge in [0.1, 0.15) is 0 Å². The van der Waals surface area contributed by atoms with Gasteiger partial charge in [-0.2, -0.15) is 0 Å². The van der Waals surface area contributed by atoms with Crippen LogP contribution in [0.25, 0.3) is 11.1 Å². The van der Waals surface area contributed by atoms with E-state index >= 15 is 0 Å². The second kappa shape index (κ2) is 6.10. The predicted molar refractivity (Wildman–Crippen MR) is 85.8 cm³/mol. The summed E-state index contributed by atoms with van der Waals surface area (Å²) in [4.78, 5) is 0. The SMILES string of the molecule is CC(C)C(C)(O)CNc1ccc(-c2ccccc2)cc1. The van der Waals surface area contributed by atoms with Gasteiger partial charge in [-0.3, -0.25) is 0 Å². The van der Waals surface area contributed by atoms with Crippen LogP contribution in [0.2, 0.25) is 0 Å². The molecule has 2 nitrogen and oxygen atoms in total. The van der Waals surface area contributed by atoms with E-state index in [-0.39, 0.29) is 5.92 Å². The van der Waals surface area contributed by atoms with Crippen LogP contribution in [0.1, 0.15) is 20.8 Å². The minimum atomic E-state index is -0.696. The number of nitrogens with one attached hydrogen (secondary N) is 1. The van der Waals surface area contributed by atoms with Gasteiger partial charge in [0.2, 0.25) is 0 Å². The molecule has 106 valence electrons. The van der Waals surface area contributed by atoms with Crippen molar-refractivity contribution in [3.8, 4) is 11.1 Å². The lowest BCUT2D eigenvalue weighted by Gasteiger charge is -2.28. The predicted octanol–water partition coefficient (Wildman–Crippen LogP) is 4.17. The highest BCUT2D eigenvalue weighted by molar-refractivity contribution is 5.65. The first-order valence-corrected chi connectivity index (χ1v) is 7.11. The molecule has 0 aliphatic rings. The first kappa shape index (κ1) is 14.6. The molecule has 0 aromatic heterocycles. The maximum absolute atomic E-state index is 10.2. The summed E-state index contributed by atoms with van der Waals surface area (Å²) in [5, 5.41) is 13.5. The summed E-state index contributed by atoms with van der Waals surface area (Å²) in [5.41, 5.74) is 2.75. The first-order valence-electron chi connectivity index (χ1n) is 7.11. The van der Waals surface area contributed by atoms with Crippen molar-refractivity contribution in [3.05, 3.63) is 54.6 Å². The average molecular weight is 269 g/mol. The van der Waals surface area contributed by atoms with Crippen LogP contribution < -0.4 is 5.32 Å². The van der Waals surface area contributed by atoms with Gasteiger partial charge in [-0.25, -0.2) is 0 Å². The first-order chi connectivity index (χ1) is 9.49. The van der Waals surface area contributed by atoms with Crippen molar-refractivity contribution in [3.63, 3.8) is 0 Å². The summed E-state index contributed by atoms with van der Waals surface area (Å²) in [5.74, 6) is 0.221. The van der Waals surface area contributed by atoms with Crippen LogP contribution in [-0.4, -0.2) is 17.3 Å². The summed E-state index contributed by atoms with van der Waals surface area (Å²) in [6.45, 7) is 6.47. The van der Waals surface area contributed by atoms with Crippen molar-refractivity contribution in [1.82, 2.24) is 0 Å². The van der Waals surface area contributed by atoms with E-state index in [1.807, 2.05) is 39.0 Å². The summed E-state index contributed by atoms with van der Waals surface area (Å²) in [6, 6.07) is 18.6. The van der Waals surface area contributed by atoms with E-state index in [2.05, 4.69) is 41.7 Å². The highest BCUT2D eigenvalue weighted by Crippen LogP contribution is 2.22. The highest BCUT2D eigenvalue weighted by Gasteiger charge is 2.24. The molecule has 0 aliphatic heterocycles. The zero-order chi connectivity index (χ0) is 14.6. The topological polar surface area (TPSA) is 32.3 Å². The molecule has 20 heavy (non-hydrogen) atoms. The van der Waals surface area contributed by atoms with Gasteiger partial charge in [0.05, 0.1) is 5.60 Å². The third kappa shape index (κ3) is 3.61.